The van der Waals surface area contributed by atoms with Crippen LogP contribution in [-0.2, 0) is 5.75 Å². The fourth-order valence-electron chi connectivity index (χ4n) is 1.72. The third-order valence-corrected chi connectivity index (χ3v) is 4.15. The summed E-state index contributed by atoms with van der Waals surface area (Å²) in [5.74, 6) is 1.93. The number of rotatable bonds is 4. The van der Waals surface area contributed by atoms with Crippen LogP contribution in [0.2, 0.25) is 0 Å². The van der Waals surface area contributed by atoms with E-state index in [4.69, 9.17) is 4.52 Å². The fourth-order valence-corrected chi connectivity index (χ4v) is 2.88. The third kappa shape index (κ3) is 3.29. The highest BCUT2D eigenvalue weighted by Crippen LogP contribution is 2.24. The molecule has 0 aliphatic heterocycles. The SMILES string of the molecule is Brc1cccc(-c2noc(CSc3ccccc3)n2)c1. The van der Waals surface area contributed by atoms with E-state index in [1.165, 1.54) is 4.90 Å². The molecule has 0 unspecified atom stereocenters. The Morgan fingerprint density at radius 2 is 1.90 bits per heavy atom. The van der Waals surface area contributed by atoms with Gasteiger partial charge in [0.15, 0.2) is 0 Å². The van der Waals surface area contributed by atoms with E-state index in [1.807, 2.05) is 42.5 Å². The number of thioether (sulfide) groups is 1. The second-order valence-corrected chi connectivity index (χ2v) is 6.09. The molecule has 1 heterocycles. The molecule has 0 spiro atoms. The lowest BCUT2D eigenvalue weighted by Gasteiger charge is -1.96. The molecule has 3 nitrogen and oxygen atoms in total. The molecule has 100 valence electrons. The summed E-state index contributed by atoms with van der Waals surface area (Å²) in [5.41, 5.74) is 0.944. The van der Waals surface area contributed by atoms with Crippen LogP contribution in [0.3, 0.4) is 0 Å². The van der Waals surface area contributed by atoms with Crippen LogP contribution >= 0.6 is 27.7 Å². The van der Waals surface area contributed by atoms with Crippen molar-refractivity contribution in [3.63, 3.8) is 0 Å². The van der Waals surface area contributed by atoms with Gasteiger partial charge in [0.1, 0.15) is 0 Å². The zero-order valence-electron chi connectivity index (χ0n) is 10.5. The zero-order valence-corrected chi connectivity index (χ0v) is 12.9. The average Bonchev–Trinajstić information content (AvgIpc) is 2.95. The monoisotopic (exact) mass is 346 g/mol. The van der Waals surface area contributed by atoms with E-state index < -0.39 is 0 Å². The van der Waals surface area contributed by atoms with Gasteiger partial charge in [0, 0.05) is 14.9 Å². The van der Waals surface area contributed by atoms with Crippen LogP contribution in [0.25, 0.3) is 11.4 Å². The summed E-state index contributed by atoms with van der Waals surface area (Å²) >= 11 is 5.12. The highest BCUT2D eigenvalue weighted by atomic mass is 79.9. The summed E-state index contributed by atoms with van der Waals surface area (Å²) in [7, 11) is 0. The summed E-state index contributed by atoms with van der Waals surface area (Å²) in [4.78, 5) is 5.61. The van der Waals surface area contributed by atoms with E-state index in [2.05, 4.69) is 38.2 Å². The molecule has 2 aromatic carbocycles. The molecule has 0 bridgehead atoms. The molecule has 0 amide bonds. The van der Waals surface area contributed by atoms with Crippen molar-refractivity contribution < 1.29 is 4.52 Å². The predicted octanol–water partition coefficient (Wildman–Crippen LogP) is 4.79. The Morgan fingerprint density at radius 3 is 2.70 bits per heavy atom. The second-order valence-electron chi connectivity index (χ2n) is 4.12. The first-order valence-corrected chi connectivity index (χ1v) is 7.85. The highest BCUT2D eigenvalue weighted by Gasteiger charge is 2.09. The van der Waals surface area contributed by atoms with E-state index in [9.17, 15) is 0 Å². The summed E-state index contributed by atoms with van der Waals surface area (Å²) in [5, 5.41) is 4.02. The molecule has 20 heavy (non-hydrogen) atoms. The topological polar surface area (TPSA) is 38.9 Å². The van der Waals surface area contributed by atoms with Crippen molar-refractivity contribution in [3.05, 3.63) is 65.0 Å². The molecule has 0 saturated carbocycles. The molecule has 1 aromatic heterocycles. The molecule has 0 aliphatic rings. The van der Waals surface area contributed by atoms with Crippen molar-refractivity contribution in [2.24, 2.45) is 0 Å². The highest BCUT2D eigenvalue weighted by molar-refractivity contribution is 9.10. The van der Waals surface area contributed by atoms with Crippen LogP contribution in [0.5, 0.6) is 0 Å². The summed E-state index contributed by atoms with van der Waals surface area (Å²) < 4.78 is 6.28. The number of benzene rings is 2. The number of hydrogen-bond acceptors (Lipinski definition) is 4. The number of aromatic nitrogens is 2. The van der Waals surface area contributed by atoms with Gasteiger partial charge >= 0.3 is 0 Å². The van der Waals surface area contributed by atoms with Gasteiger partial charge in [-0.15, -0.1) is 11.8 Å². The van der Waals surface area contributed by atoms with Crippen molar-refractivity contribution in [1.82, 2.24) is 10.1 Å². The lowest BCUT2D eigenvalue weighted by Crippen LogP contribution is -1.83. The Balaban J connectivity index is 1.71. The molecule has 5 heteroatoms. The van der Waals surface area contributed by atoms with Gasteiger partial charge in [0.05, 0.1) is 5.75 Å². The van der Waals surface area contributed by atoms with Crippen molar-refractivity contribution in [1.29, 1.82) is 0 Å². The van der Waals surface area contributed by atoms with Crippen LogP contribution in [0.4, 0.5) is 0 Å². The predicted molar refractivity (Wildman–Crippen MR) is 83.4 cm³/mol. The van der Waals surface area contributed by atoms with Crippen LogP contribution in [0.1, 0.15) is 5.89 Å². The van der Waals surface area contributed by atoms with Gasteiger partial charge in [-0.05, 0) is 24.3 Å². The first kappa shape index (κ1) is 13.4. The molecule has 0 aliphatic carbocycles. The number of nitrogens with zero attached hydrogens (tertiary/aromatic N) is 2. The largest absolute Gasteiger partial charge is 0.338 e. The Kier molecular flexibility index (Phi) is 4.18. The molecule has 0 fully saturated rings. The molecular formula is C15H11BrN2OS. The standard InChI is InChI=1S/C15H11BrN2OS/c16-12-6-4-5-11(9-12)15-17-14(19-18-15)10-20-13-7-2-1-3-8-13/h1-9H,10H2. The van der Waals surface area contributed by atoms with Crippen LogP contribution in [0, 0.1) is 0 Å². The van der Waals surface area contributed by atoms with Gasteiger partial charge in [0.25, 0.3) is 0 Å². The van der Waals surface area contributed by atoms with Gasteiger partial charge in [-0.3, -0.25) is 0 Å². The van der Waals surface area contributed by atoms with Crippen LogP contribution in [0.15, 0.2) is 68.5 Å². The van der Waals surface area contributed by atoms with Crippen molar-refractivity contribution in [2.75, 3.05) is 0 Å². The van der Waals surface area contributed by atoms with E-state index in [-0.39, 0.29) is 0 Å². The molecule has 3 aromatic rings. The first-order chi connectivity index (χ1) is 9.81. The van der Waals surface area contributed by atoms with Crippen molar-refractivity contribution in [2.45, 2.75) is 10.6 Å². The minimum absolute atomic E-state index is 0.620. The van der Waals surface area contributed by atoms with Crippen LogP contribution in [-0.4, -0.2) is 10.1 Å². The number of hydrogen-bond donors (Lipinski definition) is 0. The van der Waals surface area contributed by atoms with Gasteiger partial charge in [-0.25, -0.2) is 0 Å². The van der Waals surface area contributed by atoms with Crippen LogP contribution < -0.4 is 0 Å². The Morgan fingerprint density at radius 1 is 1.05 bits per heavy atom. The molecule has 0 N–H and O–H groups in total. The van der Waals surface area contributed by atoms with E-state index in [0.29, 0.717) is 17.5 Å². The maximum Gasteiger partial charge on any atom is 0.237 e. The van der Waals surface area contributed by atoms with Gasteiger partial charge in [-0.1, -0.05) is 51.4 Å². The second kappa shape index (κ2) is 6.24. The maximum atomic E-state index is 5.28. The molecule has 0 saturated heterocycles. The van der Waals surface area contributed by atoms with Crippen molar-refractivity contribution >= 4 is 27.7 Å². The first-order valence-electron chi connectivity index (χ1n) is 6.07. The molecular weight excluding hydrogens is 336 g/mol. The van der Waals surface area contributed by atoms with Gasteiger partial charge in [-0.2, -0.15) is 4.98 Å². The summed E-state index contributed by atoms with van der Waals surface area (Å²) in [6.45, 7) is 0. The quantitative estimate of drug-likeness (QED) is 0.636. The summed E-state index contributed by atoms with van der Waals surface area (Å²) in [6.07, 6.45) is 0. The Labute approximate surface area is 129 Å². The van der Waals surface area contributed by atoms with E-state index in [0.717, 1.165) is 10.0 Å². The minimum Gasteiger partial charge on any atom is -0.338 e. The summed E-state index contributed by atoms with van der Waals surface area (Å²) in [6, 6.07) is 18.0. The zero-order chi connectivity index (χ0) is 13.8. The smallest absolute Gasteiger partial charge is 0.237 e. The van der Waals surface area contributed by atoms with Gasteiger partial charge in [0.2, 0.25) is 11.7 Å². The Hall–Kier alpha value is -1.59. The normalized spacial score (nSPS) is 10.7. The minimum atomic E-state index is 0.620. The Bertz CT molecular complexity index is 700. The fraction of sp³-hybridized carbons (Fsp3) is 0.0667. The number of halogens is 1. The molecule has 0 radical (unpaired) electrons. The average molecular weight is 347 g/mol. The molecule has 0 atom stereocenters. The maximum absolute atomic E-state index is 5.28. The van der Waals surface area contributed by atoms with Gasteiger partial charge < -0.3 is 4.52 Å². The van der Waals surface area contributed by atoms with E-state index >= 15 is 0 Å². The van der Waals surface area contributed by atoms with E-state index in [1.54, 1.807) is 11.8 Å². The molecule has 3 rings (SSSR count). The lowest BCUT2D eigenvalue weighted by atomic mass is 10.2. The third-order valence-electron chi connectivity index (χ3n) is 2.66. The lowest BCUT2D eigenvalue weighted by molar-refractivity contribution is 0.391. The van der Waals surface area contributed by atoms with Crippen molar-refractivity contribution in [3.8, 4) is 11.4 Å².